The first kappa shape index (κ1) is 12.6. The van der Waals surface area contributed by atoms with Crippen LogP contribution in [0.25, 0.3) is 0 Å². The van der Waals surface area contributed by atoms with Gasteiger partial charge in [0.25, 0.3) is 0 Å². The van der Waals surface area contributed by atoms with Gasteiger partial charge in [0.15, 0.2) is 0 Å². The Morgan fingerprint density at radius 1 is 1.53 bits per heavy atom. The smallest absolute Gasteiger partial charge is 0.137 e. The molecule has 0 saturated carbocycles. The average Bonchev–Trinajstić information content (AvgIpc) is 2.24. The second-order valence-electron chi connectivity index (χ2n) is 3.42. The summed E-state index contributed by atoms with van der Waals surface area (Å²) < 4.78 is 13.6. The van der Waals surface area contributed by atoms with Crippen molar-refractivity contribution in [1.29, 1.82) is 0 Å². The topological polar surface area (TPSA) is 32.3 Å². The van der Waals surface area contributed by atoms with Crippen LogP contribution in [0.1, 0.15) is 18.9 Å². The molecule has 15 heavy (non-hydrogen) atoms. The number of rotatable bonds is 5. The van der Waals surface area contributed by atoms with E-state index in [0.29, 0.717) is 11.0 Å². The van der Waals surface area contributed by atoms with E-state index in [1.54, 1.807) is 6.07 Å². The Bertz CT molecular complexity index is 315. The largest absolute Gasteiger partial charge is 0.395 e. The van der Waals surface area contributed by atoms with Gasteiger partial charge in [-0.05, 0) is 40.0 Å². The zero-order valence-electron chi connectivity index (χ0n) is 8.63. The molecule has 2 nitrogen and oxygen atoms in total. The molecule has 0 bridgehead atoms. The van der Waals surface area contributed by atoms with E-state index < -0.39 is 0 Å². The van der Waals surface area contributed by atoms with E-state index in [-0.39, 0.29) is 18.5 Å². The number of aliphatic hydroxyl groups is 1. The fraction of sp³-hybridized carbons (Fsp3) is 0.455. The Balaban J connectivity index is 2.54. The van der Waals surface area contributed by atoms with Crippen LogP contribution in [-0.4, -0.2) is 17.8 Å². The summed E-state index contributed by atoms with van der Waals surface area (Å²) in [4.78, 5) is 0. The number of benzene rings is 1. The highest BCUT2D eigenvalue weighted by atomic mass is 79.9. The molecule has 4 heteroatoms. The molecule has 0 aromatic heterocycles. The summed E-state index contributed by atoms with van der Waals surface area (Å²) in [6.07, 6.45) is 0.857. The fourth-order valence-corrected chi connectivity index (χ4v) is 1.50. The predicted octanol–water partition coefficient (Wildman–Crippen LogP) is 2.45. The summed E-state index contributed by atoms with van der Waals surface area (Å²) in [7, 11) is 0. The first-order chi connectivity index (χ1) is 7.17. The molecule has 2 N–H and O–H groups in total. The van der Waals surface area contributed by atoms with Gasteiger partial charge in [-0.3, -0.25) is 0 Å². The second-order valence-corrected chi connectivity index (χ2v) is 4.27. The minimum atomic E-state index is -0.258. The van der Waals surface area contributed by atoms with Gasteiger partial charge >= 0.3 is 0 Å². The maximum Gasteiger partial charge on any atom is 0.137 e. The minimum absolute atomic E-state index is 0.0803. The Labute approximate surface area is 97.6 Å². The minimum Gasteiger partial charge on any atom is -0.395 e. The third-order valence-corrected chi connectivity index (χ3v) is 2.94. The molecule has 1 aromatic rings. The maximum absolute atomic E-state index is 13.1. The lowest BCUT2D eigenvalue weighted by atomic mass is 10.2. The normalized spacial score (nSPS) is 12.8. The molecule has 0 unspecified atom stereocenters. The van der Waals surface area contributed by atoms with Gasteiger partial charge in [0.1, 0.15) is 5.82 Å². The first-order valence-electron chi connectivity index (χ1n) is 4.95. The third kappa shape index (κ3) is 3.89. The van der Waals surface area contributed by atoms with Crippen molar-refractivity contribution in [3.8, 4) is 0 Å². The molecular weight excluding hydrogens is 261 g/mol. The Morgan fingerprint density at radius 2 is 2.27 bits per heavy atom. The lowest BCUT2D eigenvalue weighted by Crippen LogP contribution is -2.31. The summed E-state index contributed by atoms with van der Waals surface area (Å²) in [6, 6.07) is 5.11. The van der Waals surface area contributed by atoms with Crippen LogP contribution in [0.15, 0.2) is 22.7 Å². The molecule has 0 fully saturated rings. The molecule has 0 aliphatic rings. The van der Waals surface area contributed by atoms with Crippen LogP contribution in [0.2, 0.25) is 0 Å². The average molecular weight is 276 g/mol. The Kier molecular flexibility index (Phi) is 5.22. The number of aliphatic hydroxyl groups excluding tert-OH is 1. The van der Waals surface area contributed by atoms with E-state index in [1.165, 1.54) is 6.07 Å². The molecule has 1 atom stereocenters. The summed E-state index contributed by atoms with van der Waals surface area (Å²) in [5, 5.41) is 12.1. The first-order valence-corrected chi connectivity index (χ1v) is 5.74. The lowest BCUT2D eigenvalue weighted by Gasteiger charge is -2.13. The van der Waals surface area contributed by atoms with Crippen molar-refractivity contribution in [2.75, 3.05) is 6.61 Å². The Hall–Kier alpha value is -0.450. The third-order valence-electron chi connectivity index (χ3n) is 2.29. The quantitative estimate of drug-likeness (QED) is 0.865. The molecule has 0 spiro atoms. The van der Waals surface area contributed by atoms with E-state index in [2.05, 4.69) is 21.2 Å². The lowest BCUT2D eigenvalue weighted by molar-refractivity contribution is 0.238. The highest BCUT2D eigenvalue weighted by Gasteiger charge is 2.04. The fourth-order valence-electron chi connectivity index (χ4n) is 1.25. The van der Waals surface area contributed by atoms with Gasteiger partial charge in [0, 0.05) is 12.6 Å². The second kappa shape index (κ2) is 6.20. The molecule has 0 saturated heterocycles. The number of hydrogen-bond donors (Lipinski definition) is 2. The molecule has 1 aromatic carbocycles. The summed E-state index contributed by atoms with van der Waals surface area (Å²) in [5.41, 5.74) is 0.877. The predicted molar refractivity (Wildman–Crippen MR) is 62.1 cm³/mol. The van der Waals surface area contributed by atoms with Gasteiger partial charge in [-0.15, -0.1) is 0 Å². The zero-order chi connectivity index (χ0) is 11.3. The van der Waals surface area contributed by atoms with E-state index in [0.717, 1.165) is 12.0 Å². The van der Waals surface area contributed by atoms with Crippen molar-refractivity contribution in [3.05, 3.63) is 34.1 Å². The van der Waals surface area contributed by atoms with E-state index in [9.17, 15) is 4.39 Å². The number of halogens is 2. The summed E-state index contributed by atoms with van der Waals surface area (Å²) in [5.74, 6) is -0.258. The van der Waals surface area contributed by atoms with Gasteiger partial charge in [0.2, 0.25) is 0 Å². The van der Waals surface area contributed by atoms with Crippen LogP contribution in [0.5, 0.6) is 0 Å². The maximum atomic E-state index is 13.1. The molecule has 84 valence electrons. The highest BCUT2D eigenvalue weighted by Crippen LogP contribution is 2.16. The van der Waals surface area contributed by atoms with Crippen LogP contribution in [-0.2, 0) is 6.54 Å². The van der Waals surface area contributed by atoms with Crippen molar-refractivity contribution in [3.63, 3.8) is 0 Å². The number of nitrogens with one attached hydrogen (secondary N) is 1. The van der Waals surface area contributed by atoms with E-state index >= 15 is 0 Å². The Morgan fingerprint density at radius 3 is 2.80 bits per heavy atom. The molecule has 1 rings (SSSR count). The SMILES string of the molecule is CC[C@@H](CO)NCc1ccc(Br)c(F)c1. The van der Waals surface area contributed by atoms with Gasteiger partial charge in [-0.2, -0.15) is 0 Å². The number of hydrogen-bond acceptors (Lipinski definition) is 2. The highest BCUT2D eigenvalue weighted by molar-refractivity contribution is 9.10. The van der Waals surface area contributed by atoms with Crippen molar-refractivity contribution in [2.45, 2.75) is 25.9 Å². The molecule has 0 heterocycles. The molecule has 0 amide bonds. The summed E-state index contributed by atoms with van der Waals surface area (Å²) >= 11 is 3.10. The van der Waals surface area contributed by atoms with E-state index in [1.807, 2.05) is 13.0 Å². The van der Waals surface area contributed by atoms with Gasteiger partial charge < -0.3 is 10.4 Å². The monoisotopic (exact) mass is 275 g/mol. The molecule has 0 aliphatic heterocycles. The van der Waals surface area contributed by atoms with Crippen molar-refractivity contribution >= 4 is 15.9 Å². The van der Waals surface area contributed by atoms with Crippen LogP contribution in [0, 0.1) is 5.82 Å². The van der Waals surface area contributed by atoms with Crippen LogP contribution >= 0.6 is 15.9 Å². The van der Waals surface area contributed by atoms with Crippen molar-refractivity contribution in [1.82, 2.24) is 5.32 Å². The molecule has 0 radical (unpaired) electrons. The van der Waals surface area contributed by atoms with E-state index in [4.69, 9.17) is 5.11 Å². The zero-order valence-corrected chi connectivity index (χ0v) is 10.2. The van der Waals surface area contributed by atoms with Gasteiger partial charge in [-0.25, -0.2) is 4.39 Å². The molecular formula is C11H15BrFNO. The summed E-state index contributed by atoms with van der Waals surface area (Å²) in [6.45, 7) is 2.68. The standard InChI is InChI=1S/C11H15BrFNO/c1-2-9(7-15)14-6-8-3-4-10(12)11(13)5-8/h3-5,9,14-15H,2,6-7H2,1H3/t9-/m0/s1. The van der Waals surface area contributed by atoms with Crippen molar-refractivity contribution < 1.29 is 9.50 Å². The van der Waals surface area contributed by atoms with Crippen LogP contribution in [0.3, 0.4) is 0 Å². The molecule has 0 aliphatic carbocycles. The van der Waals surface area contributed by atoms with Crippen LogP contribution in [0.4, 0.5) is 4.39 Å². The van der Waals surface area contributed by atoms with Gasteiger partial charge in [-0.1, -0.05) is 13.0 Å². The van der Waals surface area contributed by atoms with Gasteiger partial charge in [0.05, 0.1) is 11.1 Å². The van der Waals surface area contributed by atoms with Crippen molar-refractivity contribution in [2.24, 2.45) is 0 Å². The van der Waals surface area contributed by atoms with Crippen LogP contribution < -0.4 is 5.32 Å².